The number of likely N-dealkylation sites (tertiary alicyclic amines) is 1. The van der Waals surface area contributed by atoms with Crippen molar-refractivity contribution in [2.24, 2.45) is 0 Å². The van der Waals surface area contributed by atoms with Crippen molar-refractivity contribution in [3.8, 4) is 0 Å². The van der Waals surface area contributed by atoms with Gasteiger partial charge in [0.25, 0.3) is 0 Å². The van der Waals surface area contributed by atoms with Gasteiger partial charge in [-0.15, -0.1) is 0 Å². The quantitative estimate of drug-likeness (QED) is 0.619. The fourth-order valence-corrected chi connectivity index (χ4v) is 1.98. The molecule has 2 N–H and O–H groups in total. The van der Waals surface area contributed by atoms with E-state index in [1.807, 2.05) is 4.90 Å². The number of nitrogens with zero attached hydrogens (tertiary/aromatic N) is 1. The van der Waals surface area contributed by atoms with Crippen LogP contribution >= 0.6 is 0 Å². The number of aliphatic carboxylic acids is 1. The van der Waals surface area contributed by atoms with Crippen molar-refractivity contribution in [3.05, 3.63) is 0 Å². The topological polar surface area (TPSA) is 69.6 Å². The Balaban J connectivity index is 1.89. The minimum absolute atomic E-state index is 0.188. The summed E-state index contributed by atoms with van der Waals surface area (Å²) in [6.07, 6.45) is 5.05. The Bertz CT molecular complexity index is 250. The molecular weight excluding hydrogens is 220 g/mol. The zero-order valence-corrected chi connectivity index (χ0v) is 10.3. The smallest absolute Gasteiger partial charge is 0.303 e. The van der Waals surface area contributed by atoms with Crippen LogP contribution in [0.4, 0.5) is 0 Å². The summed E-state index contributed by atoms with van der Waals surface area (Å²) < 4.78 is 0. The highest BCUT2D eigenvalue weighted by molar-refractivity contribution is 5.78. The summed E-state index contributed by atoms with van der Waals surface area (Å²) in [6, 6.07) is 0. The van der Waals surface area contributed by atoms with Gasteiger partial charge in [0.15, 0.2) is 0 Å². The maximum Gasteiger partial charge on any atom is 0.303 e. The average molecular weight is 242 g/mol. The molecule has 0 saturated carbocycles. The number of carboxylic acids is 1. The van der Waals surface area contributed by atoms with E-state index in [0.29, 0.717) is 6.54 Å². The van der Waals surface area contributed by atoms with Gasteiger partial charge in [-0.25, -0.2) is 0 Å². The van der Waals surface area contributed by atoms with Gasteiger partial charge in [-0.1, -0.05) is 6.42 Å². The summed E-state index contributed by atoms with van der Waals surface area (Å²) in [5.74, 6) is -0.546. The van der Waals surface area contributed by atoms with Crippen molar-refractivity contribution in [1.82, 2.24) is 10.2 Å². The van der Waals surface area contributed by atoms with Gasteiger partial charge in [0, 0.05) is 19.5 Å². The van der Waals surface area contributed by atoms with Crippen LogP contribution in [0.1, 0.15) is 38.5 Å². The van der Waals surface area contributed by atoms with Crippen LogP contribution in [0.25, 0.3) is 0 Å². The van der Waals surface area contributed by atoms with Gasteiger partial charge >= 0.3 is 5.97 Å². The molecule has 1 rings (SSSR count). The normalized spacial score (nSPS) is 15.2. The Morgan fingerprint density at radius 3 is 2.47 bits per heavy atom. The van der Waals surface area contributed by atoms with Gasteiger partial charge in [0.1, 0.15) is 0 Å². The fourth-order valence-electron chi connectivity index (χ4n) is 1.98. The molecule has 1 heterocycles. The SMILES string of the molecule is O=C(O)CCCCCNCC(=O)N1CCCC1. The molecule has 1 amide bonds. The Hall–Kier alpha value is -1.10. The maximum absolute atomic E-state index is 11.6. The third kappa shape index (κ3) is 6.26. The second-order valence-corrected chi connectivity index (χ2v) is 4.47. The monoisotopic (exact) mass is 242 g/mol. The molecule has 0 aromatic carbocycles. The van der Waals surface area contributed by atoms with Crippen molar-refractivity contribution in [2.75, 3.05) is 26.2 Å². The number of carbonyl (C=O) groups excluding carboxylic acids is 1. The molecule has 0 atom stereocenters. The highest BCUT2D eigenvalue weighted by Crippen LogP contribution is 2.06. The second kappa shape index (κ2) is 8.06. The van der Waals surface area contributed by atoms with Crippen LogP contribution in [-0.2, 0) is 9.59 Å². The summed E-state index contributed by atoms with van der Waals surface area (Å²) in [7, 11) is 0. The maximum atomic E-state index is 11.6. The summed E-state index contributed by atoms with van der Waals surface area (Å²) in [5, 5.41) is 11.6. The number of carbonyl (C=O) groups is 2. The van der Waals surface area contributed by atoms with E-state index in [0.717, 1.165) is 51.7 Å². The molecule has 17 heavy (non-hydrogen) atoms. The van der Waals surface area contributed by atoms with Gasteiger partial charge in [-0.05, 0) is 32.2 Å². The zero-order chi connectivity index (χ0) is 12.5. The van der Waals surface area contributed by atoms with E-state index < -0.39 is 5.97 Å². The lowest BCUT2D eigenvalue weighted by molar-refractivity contribution is -0.137. The molecule has 5 nitrogen and oxygen atoms in total. The molecular formula is C12H22N2O3. The van der Waals surface area contributed by atoms with Crippen LogP contribution < -0.4 is 5.32 Å². The van der Waals surface area contributed by atoms with Crippen molar-refractivity contribution >= 4 is 11.9 Å². The molecule has 1 saturated heterocycles. The van der Waals surface area contributed by atoms with Crippen molar-refractivity contribution in [2.45, 2.75) is 38.5 Å². The number of rotatable bonds is 8. The molecule has 0 aromatic heterocycles. The lowest BCUT2D eigenvalue weighted by Crippen LogP contribution is -2.36. The van der Waals surface area contributed by atoms with Crippen molar-refractivity contribution < 1.29 is 14.7 Å². The van der Waals surface area contributed by atoms with Crippen molar-refractivity contribution in [3.63, 3.8) is 0 Å². The van der Waals surface area contributed by atoms with Gasteiger partial charge in [0.05, 0.1) is 6.54 Å². The number of unbranched alkanes of at least 4 members (excludes halogenated alkanes) is 2. The van der Waals surface area contributed by atoms with Crippen LogP contribution in [0.15, 0.2) is 0 Å². The Kier molecular flexibility index (Phi) is 6.62. The number of nitrogens with one attached hydrogen (secondary N) is 1. The van der Waals surface area contributed by atoms with Crippen molar-refractivity contribution in [1.29, 1.82) is 0 Å². The molecule has 0 spiro atoms. The number of amides is 1. The van der Waals surface area contributed by atoms with E-state index >= 15 is 0 Å². The van der Waals surface area contributed by atoms with Crippen LogP contribution in [0.2, 0.25) is 0 Å². The van der Waals surface area contributed by atoms with Crippen LogP contribution in [0.5, 0.6) is 0 Å². The molecule has 0 aromatic rings. The van der Waals surface area contributed by atoms with E-state index in [2.05, 4.69) is 5.32 Å². The lowest BCUT2D eigenvalue weighted by Gasteiger charge is -2.15. The third-order valence-electron chi connectivity index (χ3n) is 2.98. The minimum atomic E-state index is -0.734. The molecule has 5 heteroatoms. The zero-order valence-electron chi connectivity index (χ0n) is 10.3. The Morgan fingerprint density at radius 2 is 1.82 bits per heavy atom. The van der Waals surface area contributed by atoms with Gasteiger partial charge in [0.2, 0.25) is 5.91 Å². The summed E-state index contributed by atoms with van der Waals surface area (Å²) >= 11 is 0. The first-order valence-electron chi connectivity index (χ1n) is 6.40. The van der Waals surface area contributed by atoms with E-state index in [4.69, 9.17) is 5.11 Å². The van der Waals surface area contributed by atoms with Gasteiger partial charge < -0.3 is 15.3 Å². The standard InChI is InChI=1S/C12H22N2O3/c15-11(14-8-4-5-9-14)10-13-7-3-1-2-6-12(16)17/h13H,1-10H2,(H,16,17). The minimum Gasteiger partial charge on any atom is -0.481 e. The van der Waals surface area contributed by atoms with E-state index in [9.17, 15) is 9.59 Å². The predicted octanol–water partition coefficient (Wildman–Crippen LogP) is 0.843. The molecule has 1 aliphatic rings. The summed E-state index contributed by atoms with van der Waals surface area (Å²) in [6.45, 7) is 3.01. The van der Waals surface area contributed by atoms with E-state index in [1.54, 1.807) is 0 Å². The number of carboxylic acid groups (broad SMARTS) is 1. The summed E-state index contributed by atoms with van der Waals surface area (Å²) in [4.78, 5) is 23.8. The number of hydrogen-bond acceptors (Lipinski definition) is 3. The molecule has 0 radical (unpaired) electrons. The molecule has 0 aliphatic carbocycles. The highest BCUT2D eigenvalue weighted by atomic mass is 16.4. The molecule has 0 unspecified atom stereocenters. The Morgan fingerprint density at radius 1 is 1.12 bits per heavy atom. The van der Waals surface area contributed by atoms with E-state index in [1.165, 1.54) is 0 Å². The molecule has 1 aliphatic heterocycles. The third-order valence-corrected chi connectivity index (χ3v) is 2.98. The fraction of sp³-hybridized carbons (Fsp3) is 0.833. The average Bonchev–Trinajstić information content (AvgIpc) is 2.80. The largest absolute Gasteiger partial charge is 0.481 e. The predicted molar refractivity (Wildman–Crippen MR) is 64.8 cm³/mol. The molecule has 0 bridgehead atoms. The van der Waals surface area contributed by atoms with Crippen LogP contribution in [-0.4, -0.2) is 48.1 Å². The van der Waals surface area contributed by atoms with E-state index in [-0.39, 0.29) is 12.3 Å². The first kappa shape index (κ1) is 14.0. The van der Waals surface area contributed by atoms with Crippen LogP contribution in [0.3, 0.4) is 0 Å². The Labute approximate surface area is 102 Å². The van der Waals surface area contributed by atoms with Crippen LogP contribution in [0, 0.1) is 0 Å². The van der Waals surface area contributed by atoms with Gasteiger partial charge in [-0.3, -0.25) is 9.59 Å². The lowest BCUT2D eigenvalue weighted by atomic mass is 10.2. The molecule has 98 valence electrons. The number of hydrogen-bond donors (Lipinski definition) is 2. The summed E-state index contributed by atoms with van der Waals surface area (Å²) in [5.41, 5.74) is 0. The first-order chi connectivity index (χ1) is 8.20. The highest BCUT2D eigenvalue weighted by Gasteiger charge is 2.16. The first-order valence-corrected chi connectivity index (χ1v) is 6.40. The second-order valence-electron chi connectivity index (χ2n) is 4.47. The molecule has 1 fully saturated rings. The van der Waals surface area contributed by atoms with Gasteiger partial charge in [-0.2, -0.15) is 0 Å².